The number of nitrogens with zero attached hydrogens (tertiary/aromatic N) is 1. The third kappa shape index (κ3) is 3.24. The van der Waals surface area contributed by atoms with Crippen LogP contribution < -0.4 is 5.32 Å². The normalized spacial score (nSPS) is 20.2. The molecule has 0 spiro atoms. The first-order valence-electron chi connectivity index (χ1n) is 6.47. The fourth-order valence-corrected chi connectivity index (χ4v) is 2.60. The summed E-state index contributed by atoms with van der Waals surface area (Å²) in [6.45, 7) is 4.36. The molecule has 0 bridgehead atoms. The maximum absolute atomic E-state index is 12.2. The van der Waals surface area contributed by atoms with E-state index in [1.54, 1.807) is 0 Å². The van der Waals surface area contributed by atoms with Gasteiger partial charge in [-0.25, -0.2) is 0 Å². The second kappa shape index (κ2) is 6.21. The van der Waals surface area contributed by atoms with Gasteiger partial charge in [0.25, 0.3) is 0 Å². The Kier molecular flexibility index (Phi) is 4.61. The number of halogens is 1. The molecule has 1 unspecified atom stereocenters. The summed E-state index contributed by atoms with van der Waals surface area (Å²) in [5.41, 5.74) is 1.09. The number of rotatable bonds is 4. The van der Waals surface area contributed by atoms with Crippen molar-refractivity contribution in [2.24, 2.45) is 0 Å². The predicted octanol–water partition coefficient (Wildman–Crippen LogP) is 2.44. The second-order valence-electron chi connectivity index (χ2n) is 4.64. The minimum absolute atomic E-state index is 0.0112. The molecule has 1 N–H and O–H groups in total. The van der Waals surface area contributed by atoms with Gasteiger partial charge in [-0.2, -0.15) is 0 Å². The van der Waals surface area contributed by atoms with Crippen molar-refractivity contribution in [2.75, 3.05) is 13.1 Å². The molecule has 0 aliphatic carbocycles. The molecule has 0 saturated carbocycles. The number of carbonyl (C=O) groups excluding carboxylic acids is 1. The van der Waals surface area contributed by atoms with Crippen LogP contribution in [0.1, 0.15) is 25.3 Å². The number of piperidine rings is 1. The van der Waals surface area contributed by atoms with Gasteiger partial charge in [0.1, 0.15) is 0 Å². The van der Waals surface area contributed by atoms with Gasteiger partial charge in [0.2, 0.25) is 5.91 Å². The highest BCUT2D eigenvalue weighted by Crippen LogP contribution is 2.17. The third-order valence-corrected chi connectivity index (χ3v) is 3.48. The Morgan fingerprint density at radius 1 is 1.50 bits per heavy atom. The van der Waals surface area contributed by atoms with Crippen molar-refractivity contribution < 1.29 is 4.79 Å². The SMILES string of the molecule is CCNC1CCCN(Cc2cccc(Cl)c2)C1=O. The summed E-state index contributed by atoms with van der Waals surface area (Å²) in [5.74, 6) is 0.211. The second-order valence-corrected chi connectivity index (χ2v) is 5.08. The lowest BCUT2D eigenvalue weighted by atomic mass is 10.0. The highest BCUT2D eigenvalue weighted by Gasteiger charge is 2.27. The molecule has 1 aliphatic rings. The largest absolute Gasteiger partial charge is 0.337 e. The van der Waals surface area contributed by atoms with Crippen LogP contribution in [0.2, 0.25) is 5.02 Å². The number of likely N-dealkylation sites (tertiary alicyclic amines) is 1. The number of likely N-dealkylation sites (N-methyl/N-ethyl adjacent to an activating group) is 1. The van der Waals surface area contributed by atoms with Crippen LogP contribution in [-0.2, 0) is 11.3 Å². The van der Waals surface area contributed by atoms with E-state index in [4.69, 9.17) is 11.6 Å². The molecular formula is C14H19ClN2O. The summed E-state index contributed by atoms with van der Waals surface area (Å²) in [5, 5.41) is 3.97. The molecule has 0 radical (unpaired) electrons. The van der Waals surface area contributed by atoms with Gasteiger partial charge in [-0.05, 0) is 37.1 Å². The van der Waals surface area contributed by atoms with Crippen molar-refractivity contribution in [1.29, 1.82) is 0 Å². The fraction of sp³-hybridized carbons (Fsp3) is 0.500. The van der Waals surface area contributed by atoms with Gasteiger partial charge in [-0.3, -0.25) is 4.79 Å². The number of hydrogen-bond acceptors (Lipinski definition) is 2. The summed E-state index contributed by atoms with van der Waals surface area (Å²) in [4.78, 5) is 14.2. The minimum Gasteiger partial charge on any atom is -0.337 e. The smallest absolute Gasteiger partial charge is 0.240 e. The Balaban J connectivity index is 2.02. The minimum atomic E-state index is -0.0112. The van der Waals surface area contributed by atoms with Gasteiger partial charge >= 0.3 is 0 Å². The van der Waals surface area contributed by atoms with Crippen LogP contribution in [0.25, 0.3) is 0 Å². The topological polar surface area (TPSA) is 32.3 Å². The summed E-state index contributed by atoms with van der Waals surface area (Å²) < 4.78 is 0. The summed E-state index contributed by atoms with van der Waals surface area (Å²) in [7, 11) is 0. The maximum atomic E-state index is 12.2. The van der Waals surface area contributed by atoms with E-state index < -0.39 is 0 Å². The van der Waals surface area contributed by atoms with Crippen molar-refractivity contribution in [3.8, 4) is 0 Å². The van der Waals surface area contributed by atoms with E-state index in [1.807, 2.05) is 36.1 Å². The molecule has 98 valence electrons. The van der Waals surface area contributed by atoms with Crippen LogP contribution in [0.4, 0.5) is 0 Å². The van der Waals surface area contributed by atoms with E-state index >= 15 is 0 Å². The Hall–Kier alpha value is -1.06. The number of nitrogens with one attached hydrogen (secondary N) is 1. The molecule has 1 aromatic carbocycles. The molecule has 0 aromatic heterocycles. The van der Waals surface area contributed by atoms with Gasteiger partial charge < -0.3 is 10.2 Å². The fourth-order valence-electron chi connectivity index (χ4n) is 2.39. The third-order valence-electron chi connectivity index (χ3n) is 3.24. The van der Waals surface area contributed by atoms with Crippen LogP contribution in [0.5, 0.6) is 0 Å². The van der Waals surface area contributed by atoms with E-state index in [9.17, 15) is 4.79 Å². The molecular weight excluding hydrogens is 248 g/mol. The standard InChI is InChI=1S/C14H19ClN2O/c1-2-16-13-7-4-8-17(14(13)18)10-11-5-3-6-12(15)9-11/h3,5-6,9,13,16H,2,4,7-8,10H2,1H3. The number of carbonyl (C=O) groups is 1. The van der Waals surface area contributed by atoms with Crippen LogP contribution in [0, 0.1) is 0 Å². The van der Waals surface area contributed by atoms with E-state index in [0.29, 0.717) is 6.54 Å². The highest BCUT2D eigenvalue weighted by atomic mass is 35.5. The van der Waals surface area contributed by atoms with Gasteiger partial charge in [0.05, 0.1) is 6.04 Å². The van der Waals surface area contributed by atoms with Crippen molar-refractivity contribution in [3.63, 3.8) is 0 Å². The highest BCUT2D eigenvalue weighted by molar-refractivity contribution is 6.30. The molecule has 1 heterocycles. The van der Waals surface area contributed by atoms with Gasteiger partial charge in [-0.15, -0.1) is 0 Å². The summed E-state index contributed by atoms with van der Waals surface area (Å²) in [6.07, 6.45) is 2.00. The van der Waals surface area contributed by atoms with Crippen molar-refractivity contribution in [3.05, 3.63) is 34.9 Å². The molecule has 1 aliphatic heterocycles. The quantitative estimate of drug-likeness (QED) is 0.908. The number of hydrogen-bond donors (Lipinski definition) is 1. The van der Waals surface area contributed by atoms with E-state index in [0.717, 1.165) is 36.5 Å². The van der Waals surface area contributed by atoms with Gasteiger partial charge in [0, 0.05) is 18.1 Å². The van der Waals surface area contributed by atoms with Crippen LogP contribution in [-0.4, -0.2) is 29.9 Å². The first kappa shape index (κ1) is 13.4. The zero-order chi connectivity index (χ0) is 13.0. The Bertz CT molecular complexity index is 420. The monoisotopic (exact) mass is 266 g/mol. The Labute approximate surface area is 113 Å². The molecule has 4 heteroatoms. The Morgan fingerprint density at radius 3 is 3.06 bits per heavy atom. The van der Waals surface area contributed by atoms with E-state index in [2.05, 4.69) is 5.32 Å². The average molecular weight is 267 g/mol. The Morgan fingerprint density at radius 2 is 2.33 bits per heavy atom. The molecule has 1 saturated heterocycles. The molecule has 1 atom stereocenters. The molecule has 1 fully saturated rings. The lowest BCUT2D eigenvalue weighted by Crippen LogP contribution is -2.50. The van der Waals surface area contributed by atoms with Crippen molar-refractivity contribution in [1.82, 2.24) is 10.2 Å². The number of benzene rings is 1. The molecule has 1 amide bonds. The lowest BCUT2D eigenvalue weighted by Gasteiger charge is -2.32. The molecule has 1 aromatic rings. The van der Waals surface area contributed by atoms with Gasteiger partial charge in [-0.1, -0.05) is 30.7 Å². The van der Waals surface area contributed by atoms with Crippen molar-refractivity contribution in [2.45, 2.75) is 32.4 Å². The summed E-state index contributed by atoms with van der Waals surface area (Å²) >= 11 is 5.96. The van der Waals surface area contributed by atoms with Crippen LogP contribution >= 0.6 is 11.6 Å². The predicted molar refractivity (Wildman–Crippen MR) is 73.6 cm³/mol. The first-order valence-corrected chi connectivity index (χ1v) is 6.85. The first-order chi connectivity index (χ1) is 8.70. The molecule has 3 nitrogen and oxygen atoms in total. The van der Waals surface area contributed by atoms with E-state index in [1.165, 1.54) is 0 Å². The van der Waals surface area contributed by atoms with Crippen LogP contribution in [0.15, 0.2) is 24.3 Å². The van der Waals surface area contributed by atoms with E-state index in [-0.39, 0.29) is 11.9 Å². The molecule has 2 rings (SSSR count). The average Bonchev–Trinajstić information content (AvgIpc) is 2.35. The van der Waals surface area contributed by atoms with Crippen LogP contribution in [0.3, 0.4) is 0 Å². The zero-order valence-electron chi connectivity index (χ0n) is 10.7. The lowest BCUT2D eigenvalue weighted by molar-refractivity contribution is -0.136. The summed E-state index contributed by atoms with van der Waals surface area (Å²) in [6, 6.07) is 7.70. The van der Waals surface area contributed by atoms with Crippen molar-refractivity contribution >= 4 is 17.5 Å². The molecule has 18 heavy (non-hydrogen) atoms. The maximum Gasteiger partial charge on any atom is 0.240 e. The zero-order valence-corrected chi connectivity index (χ0v) is 11.4. The number of amides is 1. The van der Waals surface area contributed by atoms with Gasteiger partial charge in [0.15, 0.2) is 0 Å².